The number of para-hydroxylation sites is 2. The van der Waals surface area contributed by atoms with E-state index in [0.29, 0.717) is 29.5 Å². The Labute approximate surface area is 223 Å². The van der Waals surface area contributed by atoms with Gasteiger partial charge in [-0.25, -0.2) is 4.79 Å². The summed E-state index contributed by atoms with van der Waals surface area (Å²) in [5.74, 6) is 2.07. The fraction of sp³-hybridized carbons (Fsp3) is 0.533. The number of rotatable bonds is 9. The smallest absolute Gasteiger partial charge is 0.419 e. The third-order valence-corrected chi connectivity index (χ3v) is 8.12. The minimum atomic E-state index is -0.452. The number of oxazole rings is 1. The van der Waals surface area contributed by atoms with Gasteiger partial charge < -0.3 is 18.6 Å². The van der Waals surface area contributed by atoms with Crippen LogP contribution in [0.25, 0.3) is 11.1 Å². The van der Waals surface area contributed by atoms with Crippen LogP contribution in [0.3, 0.4) is 0 Å². The second-order valence-corrected chi connectivity index (χ2v) is 11.0. The van der Waals surface area contributed by atoms with Crippen molar-refractivity contribution >= 4 is 17.1 Å². The molecule has 3 aromatic rings. The maximum absolute atomic E-state index is 12.8. The molecule has 0 bridgehead atoms. The molecule has 8 heteroatoms. The highest BCUT2D eigenvalue weighted by Crippen LogP contribution is 2.45. The molecule has 0 aliphatic carbocycles. The molecule has 8 nitrogen and oxygen atoms in total. The summed E-state index contributed by atoms with van der Waals surface area (Å²) in [7, 11) is 3.35. The molecule has 3 atom stereocenters. The van der Waals surface area contributed by atoms with Crippen LogP contribution in [0.2, 0.25) is 0 Å². The minimum absolute atomic E-state index is 0.125. The number of benzene rings is 2. The summed E-state index contributed by atoms with van der Waals surface area (Å²) >= 11 is 0. The predicted molar refractivity (Wildman–Crippen MR) is 145 cm³/mol. The molecule has 0 radical (unpaired) electrons. The van der Waals surface area contributed by atoms with Crippen LogP contribution in [-0.4, -0.2) is 49.4 Å². The van der Waals surface area contributed by atoms with Crippen LogP contribution < -0.4 is 15.2 Å². The van der Waals surface area contributed by atoms with E-state index in [0.717, 1.165) is 43.9 Å². The van der Waals surface area contributed by atoms with E-state index in [4.69, 9.17) is 18.6 Å². The van der Waals surface area contributed by atoms with Crippen LogP contribution in [0.15, 0.2) is 45.6 Å². The van der Waals surface area contributed by atoms with Gasteiger partial charge in [0.15, 0.2) is 17.1 Å². The Bertz CT molecular complexity index is 1340. The highest BCUT2D eigenvalue weighted by atomic mass is 16.5. The summed E-state index contributed by atoms with van der Waals surface area (Å²) in [6.07, 6.45) is 3.14. The highest BCUT2D eigenvalue weighted by molar-refractivity contribution is 5.73. The van der Waals surface area contributed by atoms with Crippen LogP contribution in [0, 0.1) is 17.8 Å². The van der Waals surface area contributed by atoms with Gasteiger partial charge in [-0.2, -0.15) is 0 Å². The molecular formula is C30H38N2O6. The van der Waals surface area contributed by atoms with E-state index in [2.05, 4.69) is 30.9 Å². The van der Waals surface area contributed by atoms with Gasteiger partial charge >= 0.3 is 11.7 Å². The molecule has 0 unspecified atom stereocenters. The topological polar surface area (TPSA) is 83.1 Å². The quantitative estimate of drug-likeness (QED) is 0.372. The normalized spacial score (nSPS) is 21.2. The van der Waals surface area contributed by atoms with E-state index in [1.54, 1.807) is 20.3 Å². The van der Waals surface area contributed by atoms with Crippen molar-refractivity contribution in [3.05, 3.63) is 58.1 Å². The van der Waals surface area contributed by atoms with Gasteiger partial charge in [0.25, 0.3) is 0 Å². The maximum atomic E-state index is 12.8. The van der Waals surface area contributed by atoms with Crippen molar-refractivity contribution < 1.29 is 23.4 Å². The van der Waals surface area contributed by atoms with E-state index in [1.165, 1.54) is 15.7 Å². The summed E-state index contributed by atoms with van der Waals surface area (Å²) in [6, 6.07) is 11.8. The first kappa shape index (κ1) is 26.4. The van der Waals surface area contributed by atoms with Crippen molar-refractivity contribution in [2.24, 2.45) is 17.8 Å². The molecule has 5 rings (SSSR count). The lowest BCUT2D eigenvalue weighted by Gasteiger charge is -2.47. The predicted octanol–water partition coefficient (Wildman–Crippen LogP) is 4.83. The number of aromatic nitrogens is 1. The van der Waals surface area contributed by atoms with Crippen molar-refractivity contribution in [1.29, 1.82) is 0 Å². The van der Waals surface area contributed by atoms with Gasteiger partial charge in [-0.15, -0.1) is 0 Å². The fourth-order valence-electron chi connectivity index (χ4n) is 6.28. The Kier molecular flexibility index (Phi) is 7.79. The van der Waals surface area contributed by atoms with Crippen LogP contribution >= 0.6 is 0 Å². The van der Waals surface area contributed by atoms with Crippen molar-refractivity contribution in [2.45, 2.75) is 52.1 Å². The SMILES string of the molecule is COc1cc2c(cc1OC)[C@H]1C[C@@H](COC(=O)CCn3c(=O)oc4ccccc43)[C@H](CC(C)C)CN1CC2. The second-order valence-electron chi connectivity index (χ2n) is 11.0. The lowest BCUT2D eigenvalue weighted by Crippen LogP contribution is -2.47. The molecule has 0 spiro atoms. The monoisotopic (exact) mass is 522 g/mol. The number of hydrogen-bond acceptors (Lipinski definition) is 7. The summed E-state index contributed by atoms with van der Waals surface area (Å²) in [6.45, 7) is 7.15. The number of nitrogens with zero attached hydrogens (tertiary/aromatic N) is 2. The Balaban J connectivity index is 1.28. The van der Waals surface area contributed by atoms with Gasteiger partial charge in [0, 0.05) is 25.7 Å². The molecule has 1 fully saturated rings. The second kappa shape index (κ2) is 11.2. The molecule has 0 saturated carbocycles. The number of methoxy groups -OCH3 is 2. The number of hydrogen-bond donors (Lipinski definition) is 0. The number of esters is 1. The molecule has 38 heavy (non-hydrogen) atoms. The van der Waals surface area contributed by atoms with Gasteiger partial charge in [-0.1, -0.05) is 26.0 Å². The number of fused-ring (bicyclic) bond motifs is 4. The summed E-state index contributed by atoms with van der Waals surface area (Å²) in [4.78, 5) is 27.6. The first-order valence-electron chi connectivity index (χ1n) is 13.6. The Morgan fingerprint density at radius 2 is 1.87 bits per heavy atom. The Morgan fingerprint density at radius 3 is 2.63 bits per heavy atom. The number of piperidine rings is 1. The lowest BCUT2D eigenvalue weighted by molar-refractivity contribution is -0.147. The number of ether oxygens (including phenoxy) is 3. The van der Waals surface area contributed by atoms with Gasteiger partial charge in [-0.3, -0.25) is 14.3 Å². The average molecular weight is 523 g/mol. The highest BCUT2D eigenvalue weighted by Gasteiger charge is 2.40. The third kappa shape index (κ3) is 5.32. The maximum Gasteiger partial charge on any atom is 0.419 e. The van der Waals surface area contributed by atoms with Crippen molar-refractivity contribution in [1.82, 2.24) is 9.47 Å². The fourth-order valence-corrected chi connectivity index (χ4v) is 6.28. The van der Waals surface area contributed by atoms with Crippen LogP contribution in [-0.2, 0) is 22.5 Å². The zero-order valence-corrected chi connectivity index (χ0v) is 22.8. The van der Waals surface area contributed by atoms with Crippen LogP contribution in [0.5, 0.6) is 11.5 Å². The summed E-state index contributed by atoms with van der Waals surface area (Å²) in [5, 5.41) is 0. The largest absolute Gasteiger partial charge is 0.493 e. The van der Waals surface area contributed by atoms with Crippen molar-refractivity contribution in [3.8, 4) is 11.5 Å². The zero-order valence-electron chi connectivity index (χ0n) is 22.8. The molecule has 3 heterocycles. The number of carbonyl (C=O) groups is 1. The van der Waals surface area contributed by atoms with Crippen LogP contribution in [0.4, 0.5) is 0 Å². The third-order valence-electron chi connectivity index (χ3n) is 8.12. The molecule has 1 aromatic heterocycles. The average Bonchev–Trinajstić information content (AvgIpc) is 3.24. The first-order valence-corrected chi connectivity index (χ1v) is 13.6. The molecule has 204 valence electrons. The van der Waals surface area contributed by atoms with Crippen molar-refractivity contribution in [3.63, 3.8) is 0 Å². The molecular weight excluding hydrogens is 484 g/mol. The standard InChI is InChI=1S/C30H38N2O6/c1-19(2)13-21-17-31-11-9-20-15-27(35-3)28(36-4)16-23(20)25(31)14-22(21)18-37-29(33)10-12-32-24-7-5-6-8-26(24)38-30(32)34/h5-8,15-16,19,21-22,25H,9-14,17-18H2,1-4H3/t21-,22+,25-/m1/s1. The van der Waals surface area contributed by atoms with E-state index in [1.807, 2.05) is 18.2 Å². The number of aryl methyl sites for hydroxylation is 1. The molecule has 2 aliphatic rings. The number of carbonyl (C=O) groups excluding carboxylic acids is 1. The van der Waals surface area contributed by atoms with Gasteiger partial charge in [0.05, 0.1) is 32.8 Å². The van der Waals surface area contributed by atoms with Crippen molar-refractivity contribution in [2.75, 3.05) is 33.9 Å². The molecule has 0 N–H and O–H groups in total. The molecule has 2 aliphatic heterocycles. The van der Waals surface area contributed by atoms with E-state index < -0.39 is 5.76 Å². The Morgan fingerprint density at radius 1 is 1.11 bits per heavy atom. The lowest BCUT2D eigenvalue weighted by atomic mass is 9.74. The van der Waals surface area contributed by atoms with Gasteiger partial charge in [0.2, 0.25) is 0 Å². The van der Waals surface area contributed by atoms with E-state index >= 15 is 0 Å². The minimum Gasteiger partial charge on any atom is -0.493 e. The molecule has 0 amide bonds. The summed E-state index contributed by atoms with van der Waals surface area (Å²) in [5.41, 5.74) is 3.81. The summed E-state index contributed by atoms with van der Waals surface area (Å²) < 4.78 is 23.8. The van der Waals surface area contributed by atoms with Gasteiger partial charge in [-0.05, 0) is 72.4 Å². The first-order chi connectivity index (χ1) is 18.4. The van der Waals surface area contributed by atoms with Gasteiger partial charge in [0.1, 0.15) is 0 Å². The zero-order chi connectivity index (χ0) is 26.8. The molecule has 2 aromatic carbocycles. The molecule has 1 saturated heterocycles. The van der Waals surface area contributed by atoms with Crippen LogP contribution in [0.1, 0.15) is 50.3 Å². The Hall–Kier alpha value is -3.26. The van der Waals surface area contributed by atoms with E-state index in [-0.39, 0.29) is 30.9 Å². The van der Waals surface area contributed by atoms with E-state index in [9.17, 15) is 9.59 Å².